The molecule has 1 fully saturated rings. The van der Waals surface area contributed by atoms with E-state index in [2.05, 4.69) is 5.32 Å². The van der Waals surface area contributed by atoms with Crippen molar-refractivity contribution in [2.75, 3.05) is 5.32 Å². The summed E-state index contributed by atoms with van der Waals surface area (Å²) in [4.78, 5) is 11.6. The first-order valence-electron chi connectivity index (χ1n) is 6.16. The molecule has 1 aromatic carbocycles. The molecule has 0 heterocycles. The van der Waals surface area contributed by atoms with Crippen molar-refractivity contribution in [3.63, 3.8) is 0 Å². The zero-order valence-electron chi connectivity index (χ0n) is 10.6. The van der Waals surface area contributed by atoms with Gasteiger partial charge >= 0.3 is 0 Å². The van der Waals surface area contributed by atoms with Crippen molar-refractivity contribution >= 4 is 17.3 Å². The van der Waals surface area contributed by atoms with Crippen LogP contribution in [0.5, 0.6) is 0 Å². The topological polar surface area (TPSA) is 107 Å². The Bertz CT molecular complexity index is 523. The zero-order chi connectivity index (χ0) is 13.8. The Labute approximate surface area is 112 Å². The Kier molecular flexibility index (Phi) is 3.75. The fourth-order valence-electron chi connectivity index (χ4n) is 1.62. The summed E-state index contributed by atoms with van der Waals surface area (Å²) >= 11 is 0. The maximum absolute atomic E-state index is 11.6. The van der Waals surface area contributed by atoms with Crippen LogP contribution in [0.25, 0.3) is 5.70 Å². The molecule has 5 heteroatoms. The van der Waals surface area contributed by atoms with Gasteiger partial charge in [0.2, 0.25) is 5.91 Å². The van der Waals surface area contributed by atoms with Crippen LogP contribution in [0.1, 0.15) is 18.4 Å². The molecule has 0 spiro atoms. The molecule has 0 atom stereocenters. The van der Waals surface area contributed by atoms with E-state index in [0.717, 1.165) is 24.1 Å². The van der Waals surface area contributed by atoms with Crippen molar-refractivity contribution in [2.45, 2.75) is 12.8 Å². The van der Waals surface area contributed by atoms with Crippen molar-refractivity contribution in [2.24, 2.45) is 23.1 Å². The maximum atomic E-state index is 11.6. The molecule has 0 bridgehead atoms. The first-order valence-corrected chi connectivity index (χ1v) is 6.16. The fraction of sp³-hybridized carbons (Fsp3) is 0.214. The van der Waals surface area contributed by atoms with Crippen LogP contribution in [0, 0.1) is 5.92 Å². The number of carbonyl (C=O) groups is 1. The summed E-state index contributed by atoms with van der Waals surface area (Å²) < 4.78 is 0. The molecule has 1 saturated carbocycles. The Morgan fingerprint density at radius 3 is 2.26 bits per heavy atom. The van der Waals surface area contributed by atoms with E-state index in [4.69, 9.17) is 17.2 Å². The molecule has 1 aromatic rings. The highest BCUT2D eigenvalue weighted by molar-refractivity contribution is 5.94. The van der Waals surface area contributed by atoms with E-state index in [1.54, 1.807) is 6.08 Å². The number of nitrogens with two attached hydrogens (primary N) is 3. The molecule has 5 nitrogen and oxygen atoms in total. The van der Waals surface area contributed by atoms with E-state index in [1.165, 1.54) is 6.08 Å². The lowest BCUT2D eigenvalue weighted by Crippen LogP contribution is -2.13. The van der Waals surface area contributed by atoms with Crippen LogP contribution >= 0.6 is 0 Å². The lowest BCUT2D eigenvalue weighted by molar-refractivity contribution is -0.117. The Morgan fingerprint density at radius 2 is 1.74 bits per heavy atom. The molecule has 0 unspecified atom stereocenters. The van der Waals surface area contributed by atoms with Gasteiger partial charge in [-0.3, -0.25) is 4.79 Å². The molecule has 0 aromatic heterocycles. The van der Waals surface area contributed by atoms with Crippen molar-refractivity contribution < 1.29 is 4.79 Å². The van der Waals surface area contributed by atoms with Crippen molar-refractivity contribution in [1.29, 1.82) is 0 Å². The predicted octanol–water partition coefficient (Wildman–Crippen LogP) is 1.09. The first kappa shape index (κ1) is 13.0. The SMILES string of the molecule is NC(N)=C/C=C(\N)c1ccc(NC(=O)C2CC2)cc1. The molecule has 100 valence electrons. The average molecular weight is 258 g/mol. The normalized spacial score (nSPS) is 14.8. The quantitative estimate of drug-likeness (QED) is 0.606. The van der Waals surface area contributed by atoms with Gasteiger partial charge in [0.05, 0.1) is 5.82 Å². The van der Waals surface area contributed by atoms with Crippen LogP contribution in [-0.4, -0.2) is 5.91 Å². The van der Waals surface area contributed by atoms with Crippen LogP contribution in [0.15, 0.2) is 42.2 Å². The van der Waals surface area contributed by atoms with Crippen LogP contribution < -0.4 is 22.5 Å². The molecule has 1 amide bonds. The Hall–Kier alpha value is -2.43. The highest BCUT2D eigenvalue weighted by atomic mass is 16.2. The van der Waals surface area contributed by atoms with Gasteiger partial charge in [0.25, 0.3) is 0 Å². The number of anilines is 1. The maximum Gasteiger partial charge on any atom is 0.227 e. The van der Waals surface area contributed by atoms with Crippen LogP contribution in [0.2, 0.25) is 0 Å². The van der Waals surface area contributed by atoms with Gasteiger partial charge in [-0.15, -0.1) is 0 Å². The second-order valence-corrected chi connectivity index (χ2v) is 4.63. The van der Waals surface area contributed by atoms with E-state index in [0.29, 0.717) is 5.70 Å². The third-order valence-electron chi connectivity index (χ3n) is 2.89. The highest BCUT2D eigenvalue weighted by Gasteiger charge is 2.29. The summed E-state index contributed by atoms with van der Waals surface area (Å²) in [5.41, 5.74) is 18.7. The molecule has 2 rings (SSSR count). The van der Waals surface area contributed by atoms with Gasteiger partial charge in [0.1, 0.15) is 0 Å². The van der Waals surface area contributed by atoms with Crippen LogP contribution in [0.3, 0.4) is 0 Å². The minimum atomic E-state index is 0.0927. The van der Waals surface area contributed by atoms with Gasteiger partial charge in [-0.2, -0.15) is 0 Å². The summed E-state index contributed by atoms with van der Waals surface area (Å²) in [5.74, 6) is 0.494. The summed E-state index contributed by atoms with van der Waals surface area (Å²) in [6, 6.07) is 7.33. The number of amides is 1. The second-order valence-electron chi connectivity index (χ2n) is 4.63. The number of hydrogen-bond acceptors (Lipinski definition) is 4. The van der Waals surface area contributed by atoms with Crippen LogP contribution in [-0.2, 0) is 4.79 Å². The Morgan fingerprint density at radius 1 is 1.11 bits per heavy atom. The van der Waals surface area contributed by atoms with Crippen LogP contribution in [0.4, 0.5) is 5.69 Å². The fourth-order valence-corrected chi connectivity index (χ4v) is 1.62. The minimum absolute atomic E-state index is 0.0927. The van der Waals surface area contributed by atoms with E-state index < -0.39 is 0 Å². The lowest BCUT2D eigenvalue weighted by atomic mass is 10.1. The summed E-state index contributed by atoms with van der Waals surface area (Å²) in [6.45, 7) is 0. The van der Waals surface area contributed by atoms with E-state index >= 15 is 0 Å². The standard InChI is InChI=1S/C14H18N4O/c15-12(7-8-13(16)17)9-3-5-11(6-4-9)18-14(19)10-1-2-10/h3-8,10H,1-2,15-17H2,(H,18,19)/b12-7-. The van der Waals surface area contributed by atoms with E-state index in [-0.39, 0.29) is 17.6 Å². The largest absolute Gasteiger partial charge is 0.398 e. The minimum Gasteiger partial charge on any atom is -0.398 e. The van der Waals surface area contributed by atoms with Crippen molar-refractivity contribution in [3.8, 4) is 0 Å². The molecular formula is C14H18N4O. The van der Waals surface area contributed by atoms with Gasteiger partial charge in [-0.05, 0) is 42.7 Å². The monoisotopic (exact) mass is 258 g/mol. The average Bonchev–Trinajstić information content (AvgIpc) is 3.21. The van der Waals surface area contributed by atoms with Crippen molar-refractivity contribution in [1.82, 2.24) is 0 Å². The molecule has 7 N–H and O–H groups in total. The van der Waals surface area contributed by atoms with Gasteiger partial charge in [-0.25, -0.2) is 0 Å². The molecule has 0 radical (unpaired) electrons. The predicted molar refractivity (Wildman–Crippen MR) is 76.4 cm³/mol. The molecular weight excluding hydrogens is 240 g/mol. The van der Waals surface area contributed by atoms with E-state index in [1.807, 2.05) is 24.3 Å². The summed E-state index contributed by atoms with van der Waals surface area (Å²) in [7, 11) is 0. The zero-order valence-corrected chi connectivity index (χ0v) is 10.6. The molecule has 0 saturated heterocycles. The highest BCUT2D eigenvalue weighted by Crippen LogP contribution is 2.30. The number of allylic oxidation sites excluding steroid dienone is 2. The number of benzene rings is 1. The van der Waals surface area contributed by atoms with Crippen molar-refractivity contribution in [3.05, 3.63) is 47.8 Å². The van der Waals surface area contributed by atoms with Gasteiger partial charge < -0.3 is 22.5 Å². The number of rotatable bonds is 4. The molecule has 19 heavy (non-hydrogen) atoms. The third-order valence-corrected chi connectivity index (χ3v) is 2.89. The first-order chi connectivity index (χ1) is 9.06. The summed E-state index contributed by atoms with van der Waals surface area (Å²) in [5, 5.41) is 2.87. The van der Waals surface area contributed by atoms with Gasteiger partial charge in [0.15, 0.2) is 0 Å². The molecule has 1 aliphatic rings. The smallest absolute Gasteiger partial charge is 0.227 e. The van der Waals surface area contributed by atoms with Gasteiger partial charge in [-0.1, -0.05) is 12.1 Å². The van der Waals surface area contributed by atoms with Gasteiger partial charge in [0, 0.05) is 17.3 Å². The molecule has 1 aliphatic carbocycles. The molecule has 0 aliphatic heterocycles. The van der Waals surface area contributed by atoms with E-state index in [9.17, 15) is 4.79 Å². The summed E-state index contributed by atoms with van der Waals surface area (Å²) in [6.07, 6.45) is 5.17. The lowest BCUT2D eigenvalue weighted by Gasteiger charge is -2.06. The number of hydrogen-bond donors (Lipinski definition) is 4. The number of carbonyl (C=O) groups excluding carboxylic acids is 1. The number of nitrogens with one attached hydrogen (secondary N) is 1. The second kappa shape index (κ2) is 5.48. The Balaban J connectivity index is 2.03. The third kappa shape index (κ3) is 3.77.